The predicted molar refractivity (Wildman–Crippen MR) is 61.3 cm³/mol. The lowest BCUT2D eigenvalue weighted by molar-refractivity contribution is -0.385. The number of carbonyl (C=O) groups is 1. The van der Waals surface area contributed by atoms with E-state index < -0.39 is 4.92 Å². The molecule has 1 aromatic rings. The second-order valence-corrected chi connectivity index (χ2v) is 3.34. The van der Waals surface area contributed by atoms with Crippen molar-refractivity contribution in [2.75, 3.05) is 7.11 Å². The number of hydrogen-bond donors (Lipinski definition) is 0. The molecule has 0 aliphatic rings. The van der Waals surface area contributed by atoms with Crippen LogP contribution in [0.15, 0.2) is 18.3 Å². The van der Waals surface area contributed by atoms with Crippen LogP contribution in [-0.2, 0) is 9.53 Å². The summed E-state index contributed by atoms with van der Waals surface area (Å²) in [6.07, 6.45) is 4.56. The molecule has 0 saturated heterocycles. The van der Waals surface area contributed by atoms with E-state index in [0.717, 1.165) is 0 Å². The van der Waals surface area contributed by atoms with E-state index in [0.29, 0.717) is 11.3 Å². The summed E-state index contributed by atoms with van der Waals surface area (Å²) < 4.78 is 4.46. The van der Waals surface area contributed by atoms with E-state index in [9.17, 15) is 14.9 Å². The highest BCUT2D eigenvalue weighted by atomic mass is 16.6. The number of rotatable bonds is 4. The molecule has 0 atom stereocenters. The monoisotopic (exact) mass is 236 g/mol. The highest BCUT2D eigenvalue weighted by Crippen LogP contribution is 2.17. The van der Waals surface area contributed by atoms with E-state index in [1.165, 1.54) is 13.3 Å². The van der Waals surface area contributed by atoms with Crippen LogP contribution >= 0.6 is 0 Å². The summed E-state index contributed by atoms with van der Waals surface area (Å²) in [6, 6.07) is 1.59. The minimum Gasteiger partial charge on any atom is -0.469 e. The maximum atomic E-state index is 10.8. The van der Waals surface area contributed by atoms with E-state index in [-0.39, 0.29) is 18.1 Å². The minimum atomic E-state index is -0.482. The Hall–Kier alpha value is -2.24. The standard InChI is InChI=1S/C11H12N2O4/c1-8-6-9(4-3-5-11(14)17-2)12-7-10(8)13(15)16/h3-4,6-7H,5H2,1-2H3. The van der Waals surface area contributed by atoms with Gasteiger partial charge in [-0.05, 0) is 19.1 Å². The molecule has 1 rings (SSSR count). The number of pyridine rings is 1. The van der Waals surface area contributed by atoms with Crippen LogP contribution in [0.25, 0.3) is 6.08 Å². The SMILES string of the molecule is COC(=O)CC=Cc1cc(C)c([N+](=O)[O-])cn1. The predicted octanol–water partition coefficient (Wildman–Crippen LogP) is 1.87. The maximum absolute atomic E-state index is 10.8. The molecule has 0 spiro atoms. The molecular weight excluding hydrogens is 224 g/mol. The van der Waals surface area contributed by atoms with E-state index >= 15 is 0 Å². The lowest BCUT2D eigenvalue weighted by Gasteiger charge is -1.98. The fraction of sp³-hybridized carbons (Fsp3) is 0.273. The molecule has 0 aliphatic heterocycles. The zero-order valence-corrected chi connectivity index (χ0v) is 9.54. The lowest BCUT2D eigenvalue weighted by atomic mass is 10.2. The van der Waals surface area contributed by atoms with Gasteiger partial charge in [-0.2, -0.15) is 0 Å². The molecule has 1 heterocycles. The first kappa shape index (κ1) is 12.8. The summed E-state index contributed by atoms with van der Waals surface area (Å²) in [5, 5.41) is 10.6. The van der Waals surface area contributed by atoms with Crippen molar-refractivity contribution in [1.29, 1.82) is 0 Å². The molecule has 1 aromatic heterocycles. The molecule has 6 heteroatoms. The van der Waals surface area contributed by atoms with Crippen LogP contribution in [0, 0.1) is 17.0 Å². The third-order valence-electron chi connectivity index (χ3n) is 2.10. The van der Waals surface area contributed by atoms with E-state index in [2.05, 4.69) is 9.72 Å². The van der Waals surface area contributed by atoms with Crippen molar-refractivity contribution >= 4 is 17.7 Å². The van der Waals surface area contributed by atoms with Gasteiger partial charge in [0.25, 0.3) is 5.69 Å². The number of nitrogens with zero attached hydrogens (tertiary/aromatic N) is 2. The number of hydrogen-bond acceptors (Lipinski definition) is 5. The summed E-state index contributed by atoms with van der Waals surface area (Å²) >= 11 is 0. The normalized spacial score (nSPS) is 10.5. The molecule has 0 aromatic carbocycles. The smallest absolute Gasteiger partial charge is 0.309 e. The lowest BCUT2D eigenvalue weighted by Crippen LogP contribution is -1.97. The molecule has 6 nitrogen and oxygen atoms in total. The number of methoxy groups -OCH3 is 1. The molecule has 0 saturated carbocycles. The van der Waals surface area contributed by atoms with Gasteiger partial charge in [0.1, 0.15) is 6.20 Å². The number of aryl methyl sites for hydroxylation is 1. The first-order valence-corrected chi connectivity index (χ1v) is 4.89. The number of nitro groups is 1. The molecule has 0 fully saturated rings. The van der Waals surface area contributed by atoms with E-state index in [4.69, 9.17) is 0 Å². The van der Waals surface area contributed by atoms with Crippen LogP contribution < -0.4 is 0 Å². The summed E-state index contributed by atoms with van der Waals surface area (Å²) in [7, 11) is 1.31. The van der Waals surface area contributed by atoms with Gasteiger partial charge < -0.3 is 4.74 Å². The molecule has 90 valence electrons. The van der Waals surface area contributed by atoms with E-state index in [1.54, 1.807) is 25.1 Å². The quantitative estimate of drug-likeness (QED) is 0.452. The fourth-order valence-electron chi connectivity index (χ4n) is 1.21. The first-order valence-electron chi connectivity index (χ1n) is 4.89. The van der Waals surface area contributed by atoms with Crippen LogP contribution in [0.3, 0.4) is 0 Å². The van der Waals surface area contributed by atoms with Crippen LogP contribution in [-0.4, -0.2) is 23.0 Å². The largest absolute Gasteiger partial charge is 0.469 e. The van der Waals surface area contributed by atoms with Crippen molar-refractivity contribution in [1.82, 2.24) is 4.98 Å². The zero-order valence-electron chi connectivity index (χ0n) is 9.54. The van der Waals surface area contributed by atoms with Crippen molar-refractivity contribution in [3.05, 3.63) is 39.7 Å². The average Bonchev–Trinajstić information content (AvgIpc) is 2.28. The molecule has 0 aliphatic carbocycles. The Kier molecular flexibility index (Phi) is 4.33. The number of ether oxygens (including phenoxy) is 1. The van der Waals surface area contributed by atoms with Crippen molar-refractivity contribution in [3.63, 3.8) is 0 Å². The van der Waals surface area contributed by atoms with Gasteiger partial charge in [-0.1, -0.05) is 6.08 Å². The summed E-state index contributed by atoms with van der Waals surface area (Å²) in [5.41, 5.74) is 1.08. The fourth-order valence-corrected chi connectivity index (χ4v) is 1.21. The van der Waals surface area contributed by atoms with Gasteiger partial charge in [0.15, 0.2) is 0 Å². The van der Waals surface area contributed by atoms with Crippen molar-refractivity contribution in [2.24, 2.45) is 0 Å². The van der Waals surface area contributed by atoms with Gasteiger partial charge >= 0.3 is 5.97 Å². The van der Waals surface area contributed by atoms with Crippen LogP contribution in [0.4, 0.5) is 5.69 Å². The first-order chi connectivity index (χ1) is 8.04. The van der Waals surface area contributed by atoms with Crippen LogP contribution in [0.5, 0.6) is 0 Å². The third kappa shape index (κ3) is 3.67. The molecule has 0 N–H and O–H groups in total. The Bertz CT molecular complexity index is 469. The Balaban J connectivity index is 2.77. The molecule has 0 amide bonds. The molecular formula is C11H12N2O4. The van der Waals surface area contributed by atoms with Crippen LogP contribution in [0.2, 0.25) is 0 Å². The summed E-state index contributed by atoms with van der Waals surface area (Å²) in [4.78, 5) is 24.8. The summed E-state index contributed by atoms with van der Waals surface area (Å²) in [5.74, 6) is -0.347. The summed E-state index contributed by atoms with van der Waals surface area (Å²) in [6.45, 7) is 1.64. The highest BCUT2D eigenvalue weighted by Gasteiger charge is 2.10. The van der Waals surface area contributed by atoms with Gasteiger partial charge in [0, 0.05) is 5.56 Å². The van der Waals surface area contributed by atoms with Gasteiger partial charge in [-0.25, -0.2) is 4.98 Å². The number of aromatic nitrogens is 1. The molecule has 0 unspecified atom stereocenters. The molecule has 0 radical (unpaired) electrons. The van der Waals surface area contributed by atoms with Crippen molar-refractivity contribution in [3.8, 4) is 0 Å². The van der Waals surface area contributed by atoms with Gasteiger partial charge in [0.2, 0.25) is 0 Å². The Morgan fingerprint density at radius 1 is 1.65 bits per heavy atom. The third-order valence-corrected chi connectivity index (χ3v) is 2.10. The van der Waals surface area contributed by atoms with Crippen molar-refractivity contribution in [2.45, 2.75) is 13.3 Å². The van der Waals surface area contributed by atoms with Gasteiger partial charge in [0.05, 0.1) is 24.1 Å². The number of esters is 1. The Morgan fingerprint density at radius 2 is 2.35 bits per heavy atom. The second kappa shape index (κ2) is 5.74. The topological polar surface area (TPSA) is 82.3 Å². The molecule has 17 heavy (non-hydrogen) atoms. The maximum Gasteiger partial charge on any atom is 0.309 e. The highest BCUT2D eigenvalue weighted by molar-refractivity contribution is 5.72. The molecule has 0 bridgehead atoms. The average molecular weight is 236 g/mol. The van der Waals surface area contributed by atoms with Gasteiger partial charge in [-0.3, -0.25) is 14.9 Å². The van der Waals surface area contributed by atoms with E-state index in [1.807, 2.05) is 0 Å². The van der Waals surface area contributed by atoms with Crippen LogP contribution in [0.1, 0.15) is 17.7 Å². The Morgan fingerprint density at radius 3 is 2.88 bits per heavy atom. The van der Waals surface area contributed by atoms with Crippen molar-refractivity contribution < 1.29 is 14.5 Å². The zero-order chi connectivity index (χ0) is 12.8. The number of carbonyl (C=O) groups excluding carboxylic acids is 1. The minimum absolute atomic E-state index is 0.0184. The Labute approximate surface area is 98.1 Å². The van der Waals surface area contributed by atoms with Gasteiger partial charge in [-0.15, -0.1) is 0 Å². The second-order valence-electron chi connectivity index (χ2n) is 3.34.